The molecule has 2 atom stereocenters. The fourth-order valence-corrected chi connectivity index (χ4v) is 5.88. The quantitative estimate of drug-likeness (QED) is 0.343. The first-order valence-corrected chi connectivity index (χ1v) is 13.4. The van der Waals surface area contributed by atoms with Gasteiger partial charge in [0.15, 0.2) is 11.6 Å². The van der Waals surface area contributed by atoms with E-state index in [0.717, 1.165) is 12.8 Å². The highest BCUT2D eigenvalue weighted by Gasteiger charge is 2.33. The zero-order chi connectivity index (χ0) is 23.9. The highest BCUT2D eigenvalue weighted by molar-refractivity contribution is 5.33. The van der Waals surface area contributed by atoms with Crippen molar-refractivity contribution in [2.45, 2.75) is 96.0 Å². The van der Waals surface area contributed by atoms with Crippen LogP contribution in [-0.4, -0.2) is 19.3 Å². The number of unbranched alkanes of at least 4 members (excludes halogenated alkanes) is 2. The molecule has 4 rings (SSSR count). The van der Waals surface area contributed by atoms with Gasteiger partial charge in [-0.1, -0.05) is 50.1 Å². The molecule has 186 valence electrons. The van der Waals surface area contributed by atoms with Gasteiger partial charge in [-0.25, -0.2) is 4.39 Å². The second-order valence-electron chi connectivity index (χ2n) is 10.2. The molecule has 1 aliphatic heterocycles. The van der Waals surface area contributed by atoms with Crippen LogP contribution in [0.2, 0.25) is 0 Å². The van der Waals surface area contributed by atoms with Crippen LogP contribution in [0.4, 0.5) is 8.78 Å². The first-order valence-electron chi connectivity index (χ1n) is 13.4. The number of benzene rings is 2. The largest absolute Gasteiger partial charge is 0.491 e. The molecule has 1 saturated carbocycles. The Balaban J connectivity index is 1.25. The second kappa shape index (κ2) is 12.2. The fraction of sp³-hybridized carbons (Fsp3) is 0.600. The number of rotatable bonds is 9. The van der Waals surface area contributed by atoms with Crippen molar-refractivity contribution in [2.75, 3.05) is 13.2 Å². The third-order valence-corrected chi connectivity index (χ3v) is 7.95. The zero-order valence-corrected chi connectivity index (χ0v) is 20.8. The van der Waals surface area contributed by atoms with Gasteiger partial charge in [-0.3, -0.25) is 0 Å². The first kappa shape index (κ1) is 25.2. The SMILES string of the molecule is CCCCCc1ccc(C2CCC(C3CCC(c4ccc(OCC)c(F)c4F)CO3)CC2)cc1. The van der Waals surface area contributed by atoms with Crippen molar-refractivity contribution in [3.05, 3.63) is 64.7 Å². The van der Waals surface area contributed by atoms with Gasteiger partial charge in [0.1, 0.15) is 0 Å². The molecule has 1 heterocycles. The van der Waals surface area contributed by atoms with E-state index in [1.54, 1.807) is 19.1 Å². The third-order valence-electron chi connectivity index (χ3n) is 7.95. The highest BCUT2D eigenvalue weighted by atomic mass is 19.2. The van der Waals surface area contributed by atoms with E-state index >= 15 is 0 Å². The lowest BCUT2D eigenvalue weighted by molar-refractivity contribution is -0.0416. The molecule has 2 nitrogen and oxygen atoms in total. The predicted molar refractivity (Wildman–Crippen MR) is 134 cm³/mol. The van der Waals surface area contributed by atoms with E-state index in [9.17, 15) is 8.78 Å². The minimum atomic E-state index is -0.881. The van der Waals surface area contributed by atoms with Gasteiger partial charge in [0, 0.05) is 5.92 Å². The van der Waals surface area contributed by atoms with Gasteiger partial charge in [-0.2, -0.15) is 4.39 Å². The molecule has 34 heavy (non-hydrogen) atoms. The van der Waals surface area contributed by atoms with E-state index in [1.165, 1.54) is 62.5 Å². The molecule has 1 saturated heterocycles. The number of aryl methyl sites for hydroxylation is 1. The summed E-state index contributed by atoms with van der Waals surface area (Å²) in [6.45, 7) is 4.79. The van der Waals surface area contributed by atoms with E-state index in [-0.39, 0.29) is 17.8 Å². The molecular weight excluding hydrogens is 430 g/mol. The minimum Gasteiger partial charge on any atom is -0.491 e. The van der Waals surface area contributed by atoms with E-state index in [2.05, 4.69) is 31.2 Å². The van der Waals surface area contributed by atoms with Crippen LogP contribution in [-0.2, 0) is 11.2 Å². The summed E-state index contributed by atoms with van der Waals surface area (Å²) in [5.41, 5.74) is 3.36. The second-order valence-corrected chi connectivity index (χ2v) is 10.2. The molecule has 2 unspecified atom stereocenters. The van der Waals surface area contributed by atoms with Crippen LogP contribution < -0.4 is 4.74 Å². The minimum absolute atomic E-state index is 0.0127. The number of hydrogen-bond donors (Lipinski definition) is 0. The van der Waals surface area contributed by atoms with Crippen LogP contribution >= 0.6 is 0 Å². The lowest BCUT2D eigenvalue weighted by Gasteiger charge is -2.38. The summed E-state index contributed by atoms with van der Waals surface area (Å²) in [4.78, 5) is 0. The van der Waals surface area contributed by atoms with Crippen molar-refractivity contribution in [1.29, 1.82) is 0 Å². The van der Waals surface area contributed by atoms with Crippen LogP contribution in [0.3, 0.4) is 0 Å². The Morgan fingerprint density at radius 3 is 2.21 bits per heavy atom. The molecular formula is C30H40F2O2. The Bertz CT molecular complexity index is 895. The van der Waals surface area contributed by atoms with Gasteiger partial charge in [0.25, 0.3) is 0 Å². The van der Waals surface area contributed by atoms with E-state index in [0.29, 0.717) is 30.6 Å². The Kier molecular flexibility index (Phi) is 8.99. The maximum absolute atomic E-state index is 14.6. The average Bonchev–Trinajstić information content (AvgIpc) is 2.88. The van der Waals surface area contributed by atoms with Gasteiger partial charge < -0.3 is 9.47 Å². The van der Waals surface area contributed by atoms with E-state index < -0.39 is 11.6 Å². The lowest BCUT2D eigenvalue weighted by atomic mass is 9.74. The molecule has 4 heteroatoms. The summed E-state index contributed by atoms with van der Waals surface area (Å²) < 4.78 is 40.3. The Hall–Kier alpha value is -1.94. The van der Waals surface area contributed by atoms with E-state index in [4.69, 9.17) is 9.47 Å². The summed E-state index contributed by atoms with van der Waals surface area (Å²) in [6, 6.07) is 12.5. The topological polar surface area (TPSA) is 18.5 Å². The molecule has 0 N–H and O–H groups in total. The summed E-state index contributed by atoms with van der Waals surface area (Å²) >= 11 is 0. The Morgan fingerprint density at radius 2 is 1.56 bits per heavy atom. The van der Waals surface area contributed by atoms with Crippen LogP contribution in [0.25, 0.3) is 0 Å². The van der Waals surface area contributed by atoms with Crippen LogP contribution in [0.1, 0.15) is 100 Å². The Morgan fingerprint density at radius 1 is 0.824 bits per heavy atom. The monoisotopic (exact) mass is 470 g/mol. The molecule has 0 bridgehead atoms. The summed E-state index contributed by atoms with van der Waals surface area (Å²) in [6.07, 6.45) is 11.8. The number of ether oxygens (including phenoxy) is 2. The molecule has 2 aromatic rings. The highest BCUT2D eigenvalue weighted by Crippen LogP contribution is 2.42. The van der Waals surface area contributed by atoms with Gasteiger partial charge in [-0.05, 0) is 92.9 Å². The van der Waals surface area contributed by atoms with Crippen molar-refractivity contribution in [2.24, 2.45) is 5.92 Å². The van der Waals surface area contributed by atoms with Crippen molar-refractivity contribution in [3.8, 4) is 5.75 Å². The van der Waals surface area contributed by atoms with E-state index in [1.807, 2.05) is 0 Å². The molecule has 2 aliphatic rings. The zero-order valence-electron chi connectivity index (χ0n) is 20.8. The fourth-order valence-electron chi connectivity index (χ4n) is 5.88. The molecule has 0 spiro atoms. The van der Waals surface area contributed by atoms with Crippen molar-refractivity contribution in [1.82, 2.24) is 0 Å². The average molecular weight is 471 g/mol. The normalized spacial score (nSPS) is 25.3. The first-order chi connectivity index (χ1) is 16.6. The van der Waals surface area contributed by atoms with Gasteiger partial charge in [-0.15, -0.1) is 0 Å². The number of halogens is 2. The van der Waals surface area contributed by atoms with Gasteiger partial charge in [0.2, 0.25) is 5.82 Å². The summed E-state index contributed by atoms with van der Waals surface area (Å²) in [5, 5.41) is 0. The maximum atomic E-state index is 14.6. The van der Waals surface area contributed by atoms with Crippen molar-refractivity contribution in [3.63, 3.8) is 0 Å². The van der Waals surface area contributed by atoms with Crippen molar-refractivity contribution >= 4 is 0 Å². The summed E-state index contributed by atoms with van der Waals surface area (Å²) in [5.74, 6) is -0.538. The third kappa shape index (κ3) is 6.00. The molecule has 0 aromatic heterocycles. The number of hydrogen-bond acceptors (Lipinski definition) is 2. The van der Waals surface area contributed by atoms with Crippen LogP contribution in [0.15, 0.2) is 36.4 Å². The standard InChI is InChI=1S/C30H40F2O2/c1-3-5-6-7-21-8-10-22(11-9-21)23-12-14-24(15-13-23)27-18-16-25(20-34-27)26-17-19-28(33-4-2)30(32)29(26)31/h8-11,17,19,23-25,27H,3-7,12-16,18,20H2,1-2H3. The molecule has 0 amide bonds. The molecule has 0 radical (unpaired) electrons. The smallest absolute Gasteiger partial charge is 0.200 e. The van der Waals surface area contributed by atoms with Gasteiger partial charge in [0.05, 0.1) is 19.3 Å². The van der Waals surface area contributed by atoms with Crippen molar-refractivity contribution < 1.29 is 18.3 Å². The van der Waals surface area contributed by atoms with Gasteiger partial charge >= 0.3 is 0 Å². The van der Waals surface area contributed by atoms with Crippen LogP contribution in [0.5, 0.6) is 5.75 Å². The molecule has 2 fully saturated rings. The Labute approximate surface area is 204 Å². The lowest BCUT2D eigenvalue weighted by Crippen LogP contribution is -2.33. The molecule has 1 aliphatic carbocycles. The maximum Gasteiger partial charge on any atom is 0.200 e. The molecule has 2 aromatic carbocycles. The summed E-state index contributed by atoms with van der Waals surface area (Å²) in [7, 11) is 0. The van der Waals surface area contributed by atoms with Crippen LogP contribution in [0, 0.1) is 17.6 Å². The predicted octanol–water partition coefficient (Wildman–Crippen LogP) is 8.33.